The molecule has 0 radical (unpaired) electrons. The van der Waals surface area contributed by atoms with Gasteiger partial charge in [-0.05, 0) is 26.7 Å². The van der Waals surface area contributed by atoms with E-state index in [1.54, 1.807) is 18.0 Å². The summed E-state index contributed by atoms with van der Waals surface area (Å²) in [6.45, 7) is 4.58. The molecule has 94 valence electrons. The van der Waals surface area contributed by atoms with Crippen molar-refractivity contribution in [1.82, 2.24) is 9.78 Å². The Labute approximate surface area is 101 Å². The molecule has 2 unspecified atom stereocenters. The highest BCUT2D eigenvalue weighted by Crippen LogP contribution is 2.26. The van der Waals surface area contributed by atoms with Gasteiger partial charge in [-0.1, -0.05) is 0 Å². The van der Waals surface area contributed by atoms with Gasteiger partial charge in [0, 0.05) is 6.54 Å². The molecule has 0 N–H and O–H groups in total. The van der Waals surface area contributed by atoms with E-state index >= 15 is 0 Å². The molecule has 0 spiro atoms. The van der Waals surface area contributed by atoms with Gasteiger partial charge in [-0.3, -0.25) is 9.48 Å². The Morgan fingerprint density at radius 1 is 1.65 bits per heavy atom. The highest BCUT2D eigenvalue weighted by atomic mass is 16.5. The molecular weight excluding hydrogens is 220 g/mol. The Morgan fingerprint density at radius 2 is 2.41 bits per heavy atom. The number of Topliss-reactive ketones (excluding diaryl/α,β-unsaturated/α-hetero) is 1. The Kier molecular flexibility index (Phi) is 3.47. The van der Waals surface area contributed by atoms with Gasteiger partial charge in [-0.25, -0.2) is 0 Å². The first-order valence-corrected chi connectivity index (χ1v) is 5.96. The monoisotopic (exact) mass is 238 g/mol. The molecule has 5 nitrogen and oxygen atoms in total. The number of ketones is 1. The van der Waals surface area contributed by atoms with Crippen LogP contribution in [0.25, 0.3) is 0 Å². The minimum Gasteiger partial charge on any atom is -0.493 e. The molecule has 0 saturated carbocycles. The number of methoxy groups -OCH3 is 1. The Bertz CT molecular complexity index is 392. The summed E-state index contributed by atoms with van der Waals surface area (Å²) in [6.07, 6.45) is 3.10. The highest BCUT2D eigenvalue weighted by Gasteiger charge is 2.32. The van der Waals surface area contributed by atoms with Gasteiger partial charge >= 0.3 is 0 Å². The van der Waals surface area contributed by atoms with E-state index < -0.39 is 0 Å². The summed E-state index contributed by atoms with van der Waals surface area (Å²) >= 11 is 0. The average Bonchev–Trinajstić information content (AvgIpc) is 2.93. The van der Waals surface area contributed by atoms with Crippen molar-refractivity contribution in [2.75, 3.05) is 7.11 Å². The van der Waals surface area contributed by atoms with Crippen molar-refractivity contribution in [2.45, 2.75) is 45.4 Å². The van der Waals surface area contributed by atoms with Gasteiger partial charge in [0.2, 0.25) is 5.78 Å². The van der Waals surface area contributed by atoms with Gasteiger partial charge in [-0.2, -0.15) is 5.10 Å². The van der Waals surface area contributed by atoms with Crippen molar-refractivity contribution in [3.63, 3.8) is 0 Å². The molecule has 0 aromatic carbocycles. The first-order valence-electron chi connectivity index (χ1n) is 5.96. The summed E-state index contributed by atoms with van der Waals surface area (Å²) < 4.78 is 12.4. The summed E-state index contributed by atoms with van der Waals surface area (Å²) in [4.78, 5) is 12.3. The van der Waals surface area contributed by atoms with E-state index in [2.05, 4.69) is 5.10 Å². The number of aryl methyl sites for hydroxylation is 1. The van der Waals surface area contributed by atoms with Gasteiger partial charge in [0.25, 0.3) is 0 Å². The molecule has 17 heavy (non-hydrogen) atoms. The van der Waals surface area contributed by atoms with Crippen LogP contribution >= 0.6 is 0 Å². The fourth-order valence-corrected chi connectivity index (χ4v) is 2.15. The van der Waals surface area contributed by atoms with Gasteiger partial charge in [-0.15, -0.1) is 0 Å². The Hall–Kier alpha value is -1.36. The van der Waals surface area contributed by atoms with Crippen LogP contribution in [0.2, 0.25) is 0 Å². The summed E-state index contributed by atoms with van der Waals surface area (Å²) in [5.74, 6) is 0.505. The van der Waals surface area contributed by atoms with Crippen LogP contribution in [0, 0.1) is 0 Å². The minimum absolute atomic E-state index is 0.0226. The molecule has 1 aliphatic rings. The van der Waals surface area contributed by atoms with E-state index in [1.165, 1.54) is 0 Å². The quantitative estimate of drug-likeness (QED) is 0.749. The van der Waals surface area contributed by atoms with Gasteiger partial charge in [0.1, 0.15) is 11.8 Å². The van der Waals surface area contributed by atoms with Crippen molar-refractivity contribution in [1.29, 1.82) is 0 Å². The van der Waals surface area contributed by atoms with Gasteiger partial charge in [0.15, 0.2) is 5.75 Å². The molecule has 0 amide bonds. The van der Waals surface area contributed by atoms with Gasteiger partial charge in [0.05, 0.1) is 19.4 Å². The number of carbonyl (C=O) groups is 1. The molecule has 1 fully saturated rings. The second-order valence-corrected chi connectivity index (χ2v) is 4.25. The fraction of sp³-hybridized carbons (Fsp3) is 0.667. The van der Waals surface area contributed by atoms with Crippen LogP contribution in [0.15, 0.2) is 6.20 Å². The lowest BCUT2D eigenvalue weighted by Gasteiger charge is -2.12. The lowest BCUT2D eigenvalue weighted by Crippen LogP contribution is -2.24. The minimum atomic E-state index is -0.346. The number of hydrogen-bond acceptors (Lipinski definition) is 4. The summed E-state index contributed by atoms with van der Waals surface area (Å²) in [5, 5.41) is 4.13. The number of ether oxygens (including phenoxy) is 2. The van der Waals surface area contributed by atoms with E-state index in [9.17, 15) is 4.79 Å². The topological polar surface area (TPSA) is 53.4 Å². The molecular formula is C12H18N2O3. The summed E-state index contributed by atoms with van der Waals surface area (Å²) in [5.41, 5.74) is 0.522. The number of nitrogens with zero attached hydrogens (tertiary/aromatic N) is 2. The second-order valence-electron chi connectivity index (χ2n) is 4.25. The maximum absolute atomic E-state index is 12.3. The third-order valence-corrected chi connectivity index (χ3v) is 3.08. The SMILES string of the molecule is CCn1ncc(OC)c1C(=O)C1CCC(C)O1. The molecule has 2 atom stereocenters. The lowest BCUT2D eigenvalue weighted by atomic mass is 10.1. The molecule has 2 heterocycles. The number of aromatic nitrogens is 2. The number of hydrogen-bond donors (Lipinski definition) is 0. The molecule has 0 aliphatic carbocycles. The van der Waals surface area contributed by atoms with Crippen LogP contribution < -0.4 is 4.74 Å². The van der Waals surface area contributed by atoms with Crippen LogP contribution in [0.5, 0.6) is 5.75 Å². The standard InChI is InChI=1S/C12H18N2O3/c1-4-14-11(10(16-3)7-13-14)12(15)9-6-5-8(2)17-9/h7-9H,4-6H2,1-3H3. The first-order chi connectivity index (χ1) is 8.17. The third-order valence-electron chi connectivity index (χ3n) is 3.08. The van der Waals surface area contributed by atoms with Crippen molar-refractivity contribution >= 4 is 5.78 Å². The number of rotatable bonds is 4. The smallest absolute Gasteiger partial charge is 0.213 e. The van der Waals surface area contributed by atoms with Crippen molar-refractivity contribution in [3.8, 4) is 5.75 Å². The predicted octanol–water partition coefficient (Wildman–Crippen LogP) is 1.66. The van der Waals surface area contributed by atoms with Crippen molar-refractivity contribution < 1.29 is 14.3 Å². The van der Waals surface area contributed by atoms with E-state index in [4.69, 9.17) is 9.47 Å². The summed E-state index contributed by atoms with van der Waals surface area (Å²) in [7, 11) is 1.55. The zero-order chi connectivity index (χ0) is 12.4. The Morgan fingerprint density at radius 3 is 2.94 bits per heavy atom. The van der Waals surface area contributed by atoms with E-state index in [0.29, 0.717) is 18.0 Å². The molecule has 1 aliphatic heterocycles. The third kappa shape index (κ3) is 2.20. The van der Waals surface area contributed by atoms with Crippen molar-refractivity contribution in [2.24, 2.45) is 0 Å². The molecule has 0 bridgehead atoms. The van der Waals surface area contributed by atoms with Gasteiger partial charge < -0.3 is 9.47 Å². The maximum Gasteiger partial charge on any atom is 0.213 e. The normalized spacial score (nSPS) is 23.9. The lowest BCUT2D eigenvalue weighted by molar-refractivity contribution is 0.0422. The fourth-order valence-electron chi connectivity index (χ4n) is 2.15. The van der Waals surface area contributed by atoms with E-state index in [0.717, 1.165) is 12.8 Å². The summed E-state index contributed by atoms with van der Waals surface area (Å²) in [6, 6.07) is 0. The van der Waals surface area contributed by atoms with E-state index in [1.807, 2.05) is 13.8 Å². The molecule has 2 rings (SSSR count). The first kappa shape index (κ1) is 12.1. The Balaban J connectivity index is 2.26. The van der Waals surface area contributed by atoms with Crippen LogP contribution in [0.3, 0.4) is 0 Å². The number of carbonyl (C=O) groups excluding carboxylic acids is 1. The molecule has 1 aromatic rings. The van der Waals surface area contributed by atoms with Crippen LogP contribution in [0.4, 0.5) is 0 Å². The molecule has 1 aromatic heterocycles. The largest absolute Gasteiger partial charge is 0.493 e. The van der Waals surface area contributed by atoms with Crippen molar-refractivity contribution in [3.05, 3.63) is 11.9 Å². The van der Waals surface area contributed by atoms with Crippen LogP contribution in [-0.4, -0.2) is 34.9 Å². The van der Waals surface area contributed by atoms with Crippen LogP contribution in [0.1, 0.15) is 37.2 Å². The zero-order valence-corrected chi connectivity index (χ0v) is 10.5. The predicted molar refractivity (Wildman–Crippen MR) is 62.4 cm³/mol. The second kappa shape index (κ2) is 4.87. The molecule has 1 saturated heterocycles. The highest BCUT2D eigenvalue weighted by molar-refractivity contribution is 6.00. The zero-order valence-electron chi connectivity index (χ0n) is 10.5. The maximum atomic E-state index is 12.3. The van der Waals surface area contributed by atoms with Crippen LogP contribution in [-0.2, 0) is 11.3 Å². The van der Waals surface area contributed by atoms with E-state index in [-0.39, 0.29) is 18.0 Å². The molecule has 5 heteroatoms. The average molecular weight is 238 g/mol.